The van der Waals surface area contributed by atoms with Gasteiger partial charge in [-0.05, 0) is 63.8 Å². The van der Waals surface area contributed by atoms with E-state index in [1.54, 1.807) is 0 Å². The van der Waals surface area contributed by atoms with Gasteiger partial charge in [0.05, 0.1) is 18.1 Å². The Morgan fingerprint density at radius 1 is 1.02 bits per heavy atom. The number of phenolic OH excluding ortho intramolecular Hbond substituents is 2. The minimum Gasteiger partial charge on any atom is -0.507 e. The van der Waals surface area contributed by atoms with Gasteiger partial charge in [0, 0.05) is 85.3 Å². The summed E-state index contributed by atoms with van der Waals surface area (Å²) in [7, 11) is 2.01. The Kier molecular flexibility index (Phi) is 8.92. The monoisotopic (exact) mass is 778 g/mol. The third-order valence-electron chi connectivity index (χ3n) is 9.79. The van der Waals surface area contributed by atoms with Crippen molar-refractivity contribution in [2.45, 2.75) is 96.6 Å². The van der Waals surface area contributed by atoms with Crippen LogP contribution in [0.5, 0.6) is 23.0 Å². The number of fused-ring (bicyclic) bond motifs is 9. The fourth-order valence-electron chi connectivity index (χ4n) is 7.55. The molecule has 1 fully saturated rings. The van der Waals surface area contributed by atoms with Crippen molar-refractivity contribution in [1.82, 2.24) is 15.1 Å². The molecule has 2 aromatic rings. The maximum Gasteiger partial charge on any atom is 0.231 e. The van der Waals surface area contributed by atoms with Crippen LogP contribution in [0, 0.1) is 64.8 Å². The Hall–Kier alpha value is -1.57. The number of aryl methyl sites for hydroxylation is 1. The molecule has 2 bridgehead atoms. The number of piperazine rings is 1. The molecule has 219 valence electrons. The Morgan fingerprint density at radius 3 is 2.49 bits per heavy atom. The van der Waals surface area contributed by atoms with Crippen LogP contribution < -0.4 is 14.8 Å². The van der Waals surface area contributed by atoms with E-state index in [0.717, 1.165) is 52.6 Å². The molecule has 0 spiro atoms. The molecule has 0 saturated carbocycles. The summed E-state index contributed by atoms with van der Waals surface area (Å²) in [6.45, 7) is 8.20. The van der Waals surface area contributed by atoms with Crippen molar-refractivity contribution in [2.75, 3.05) is 20.4 Å². The van der Waals surface area contributed by atoms with Gasteiger partial charge in [0.15, 0.2) is 11.5 Å². The molecule has 10 heteroatoms. The maximum absolute atomic E-state index is 12.9. The first-order chi connectivity index (χ1) is 19.1. The summed E-state index contributed by atoms with van der Waals surface area (Å²) in [5.74, 6) is 1.55. The van der Waals surface area contributed by atoms with E-state index in [4.69, 9.17) is 9.47 Å². The standard InChI is InChI=1S/C31H41N3O6.Ac/c1-6-7-8-9-23(35)32-13-22-25-19(27(36)17(4)29-30(25)40-14-39-29)12-20-26-24-18(10-15(2)16(3)28(24)37)11-21(33(26)5)31(38)34(20)22;/h10,20-22,26,31,36-38H,6-9,11-14H2,1-5H3,(H,32,35);/t20?,21-,22-,26-,31-;/m0./s1. The molecular weight excluding hydrogens is 737 g/mol. The second-order valence-electron chi connectivity index (χ2n) is 12.0. The van der Waals surface area contributed by atoms with Crippen molar-refractivity contribution in [1.29, 1.82) is 0 Å². The van der Waals surface area contributed by atoms with E-state index in [0.29, 0.717) is 42.1 Å². The van der Waals surface area contributed by atoms with Crippen molar-refractivity contribution in [3.63, 3.8) is 0 Å². The molecule has 4 aliphatic rings. The number of nitrogens with zero attached hydrogens (tertiary/aromatic N) is 2. The number of ether oxygens (including phenoxy) is 2. The molecular formula is C31H41AcN3O6. The van der Waals surface area contributed by atoms with Crippen molar-refractivity contribution >= 4 is 5.91 Å². The average molecular weight is 779 g/mol. The second kappa shape index (κ2) is 11.8. The van der Waals surface area contributed by atoms with Gasteiger partial charge in [0.1, 0.15) is 17.7 Å². The number of benzene rings is 2. The van der Waals surface area contributed by atoms with Crippen LogP contribution in [0.2, 0.25) is 0 Å². The number of nitrogens with one attached hydrogen (secondary N) is 1. The number of phenols is 2. The number of carbonyl (C=O) groups excluding carboxylic acids is 1. The normalized spacial score (nSPS) is 26.0. The molecule has 1 unspecified atom stereocenters. The van der Waals surface area contributed by atoms with Crippen LogP contribution in [0.25, 0.3) is 0 Å². The number of rotatable bonds is 6. The zero-order valence-corrected chi connectivity index (χ0v) is 29.4. The summed E-state index contributed by atoms with van der Waals surface area (Å²) in [5, 5.41) is 38.0. The van der Waals surface area contributed by atoms with Crippen LogP contribution in [0.4, 0.5) is 0 Å². The number of carbonyl (C=O) groups is 1. The molecule has 0 aromatic heterocycles. The van der Waals surface area contributed by atoms with E-state index in [9.17, 15) is 20.1 Å². The van der Waals surface area contributed by atoms with Gasteiger partial charge >= 0.3 is 0 Å². The predicted octanol–water partition coefficient (Wildman–Crippen LogP) is 3.65. The molecule has 41 heavy (non-hydrogen) atoms. The summed E-state index contributed by atoms with van der Waals surface area (Å²) < 4.78 is 11.7. The van der Waals surface area contributed by atoms with Crippen LogP contribution in [-0.2, 0) is 17.6 Å². The Balaban J connectivity index is 0.00000337. The second-order valence-corrected chi connectivity index (χ2v) is 12.0. The fraction of sp³-hybridized carbons (Fsp3) is 0.581. The first kappa shape index (κ1) is 30.9. The maximum atomic E-state index is 12.9. The van der Waals surface area contributed by atoms with E-state index in [1.165, 1.54) is 0 Å². The van der Waals surface area contributed by atoms with Crippen molar-refractivity contribution in [3.8, 4) is 23.0 Å². The summed E-state index contributed by atoms with van der Waals surface area (Å²) in [6.07, 6.45) is 3.52. The van der Waals surface area contributed by atoms with Crippen LogP contribution in [-0.4, -0.2) is 69.7 Å². The Morgan fingerprint density at radius 2 is 1.76 bits per heavy atom. The number of aliphatic hydroxyl groups is 1. The fourth-order valence-corrected chi connectivity index (χ4v) is 7.55. The SMILES string of the molecule is CCCCCC(=O)NC[C@H]1c2c(c(O)c(C)c3c2OCO3)CC2[C@H]3c4c(cc(C)c(C)c4O)C[C@@H]([C@H](O)N21)N3C.[Ac]. The van der Waals surface area contributed by atoms with E-state index in [1.807, 2.05) is 27.8 Å². The zero-order chi connectivity index (χ0) is 28.5. The van der Waals surface area contributed by atoms with Gasteiger partial charge in [-0.15, -0.1) is 0 Å². The molecule has 6 rings (SSSR count). The molecule has 4 heterocycles. The predicted molar refractivity (Wildman–Crippen MR) is 150 cm³/mol. The minimum absolute atomic E-state index is 0. The number of aromatic hydroxyl groups is 2. The third-order valence-corrected chi connectivity index (χ3v) is 9.79. The van der Waals surface area contributed by atoms with Gasteiger partial charge in [-0.3, -0.25) is 14.6 Å². The molecule has 5 atom stereocenters. The van der Waals surface area contributed by atoms with Crippen LogP contribution >= 0.6 is 0 Å². The van der Waals surface area contributed by atoms with Gasteiger partial charge in [0.2, 0.25) is 12.7 Å². The van der Waals surface area contributed by atoms with E-state index >= 15 is 0 Å². The third kappa shape index (κ3) is 4.86. The number of hydrogen-bond acceptors (Lipinski definition) is 8. The number of likely N-dealkylation sites (N-methyl/N-ethyl adjacent to an activating group) is 1. The van der Waals surface area contributed by atoms with E-state index < -0.39 is 12.3 Å². The first-order valence-corrected chi connectivity index (χ1v) is 14.6. The Labute approximate surface area is 277 Å². The smallest absolute Gasteiger partial charge is 0.231 e. The number of hydrogen-bond donors (Lipinski definition) is 4. The molecule has 9 nitrogen and oxygen atoms in total. The molecule has 0 aliphatic carbocycles. The molecule has 1 radical (unpaired) electrons. The van der Waals surface area contributed by atoms with Crippen LogP contribution in [0.1, 0.15) is 83.6 Å². The number of amides is 1. The largest absolute Gasteiger partial charge is 0.507 e. The van der Waals surface area contributed by atoms with Gasteiger partial charge in [-0.25, -0.2) is 0 Å². The van der Waals surface area contributed by atoms with Crippen molar-refractivity contribution < 1.29 is 73.7 Å². The summed E-state index contributed by atoms with van der Waals surface area (Å²) in [6, 6.07) is 1.02. The topological polar surface area (TPSA) is 115 Å². The number of unbranched alkanes of at least 4 members (excludes halogenated alkanes) is 2. The van der Waals surface area contributed by atoms with Crippen LogP contribution in [0.15, 0.2) is 6.07 Å². The molecule has 1 amide bonds. The minimum atomic E-state index is -0.834. The number of aliphatic hydroxyl groups excluding tert-OH is 1. The Bertz CT molecular complexity index is 1370. The van der Waals surface area contributed by atoms with Crippen molar-refractivity contribution in [3.05, 3.63) is 45.0 Å². The van der Waals surface area contributed by atoms with Gasteiger partial charge in [-0.2, -0.15) is 0 Å². The zero-order valence-electron chi connectivity index (χ0n) is 24.7. The van der Waals surface area contributed by atoms with Gasteiger partial charge in [-0.1, -0.05) is 25.8 Å². The van der Waals surface area contributed by atoms with Gasteiger partial charge < -0.3 is 30.1 Å². The summed E-state index contributed by atoms with van der Waals surface area (Å²) in [5.41, 5.74) is 6.00. The average Bonchev–Trinajstić information content (AvgIpc) is 3.42. The van der Waals surface area contributed by atoms with E-state index in [2.05, 4.69) is 28.1 Å². The van der Waals surface area contributed by atoms with Crippen LogP contribution in [0.3, 0.4) is 0 Å². The molecule has 1 saturated heterocycles. The summed E-state index contributed by atoms with van der Waals surface area (Å²) >= 11 is 0. The summed E-state index contributed by atoms with van der Waals surface area (Å²) in [4.78, 5) is 17.1. The molecule has 4 aliphatic heterocycles. The molecule has 2 aromatic carbocycles. The first-order valence-electron chi connectivity index (χ1n) is 14.6. The van der Waals surface area contributed by atoms with Crippen molar-refractivity contribution in [2.24, 2.45) is 0 Å². The quantitative estimate of drug-likeness (QED) is 0.329. The van der Waals surface area contributed by atoms with Gasteiger partial charge in [0.25, 0.3) is 0 Å². The van der Waals surface area contributed by atoms with E-state index in [-0.39, 0.29) is 87.2 Å². The molecule has 4 N–H and O–H groups in total.